The Morgan fingerprint density at radius 2 is 1.56 bits per heavy atom. The fraction of sp³-hybridized carbons (Fsp3) is 0.381. The van der Waals surface area contributed by atoms with Crippen LogP contribution in [0.25, 0.3) is 0 Å². The van der Waals surface area contributed by atoms with E-state index in [-0.39, 0.29) is 5.91 Å². The molecular formula is C21H29N3O3. The van der Waals surface area contributed by atoms with E-state index in [2.05, 4.69) is 5.32 Å². The molecule has 0 heterocycles. The van der Waals surface area contributed by atoms with Crippen molar-refractivity contribution >= 4 is 11.6 Å². The molecule has 2 rings (SSSR count). The maximum Gasteiger partial charge on any atom is 0.234 e. The summed E-state index contributed by atoms with van der Waals surface area (Å²) >= 11 is 0. The lowest BCUT2D eigenvalue weighted by molar-refractivity contribution is -0.122. The third-order valence-corrected chi connectivity index (χ3v) is 4.26. The van der Waals surface area contributed by atoms with Gasteiger partial charge in [0.05, 0.1) is 20.8 Å². The van der Waals surface area contributed by atoms with Gasteiger partial charge in [0.1, 0.15) is 0 Å². The number of amides is 1. The van der Waals surface area contributed by atoms with Gasteiger partial charge in [0, 0.05) is 32.9 Å². The van der Waals surface area contributed by atoms with Crippen molar-refractivity contribution in [1.82, 2.24) is 10.2 Å². The highest BCUT2D eigenvalue weighted by Crippen LogP contribution is 2.27. The van der Waals surface area contributed by atoms with Gasteiger partial charge in [0.15, 0.2) is 11.5 Å². The number of hydrogen-bond donors (Lipinski definition) is 1. The van der Waals surface area contributed by atoms with Gasteiger partial charge in [-0.2, -0.15) is 0 Å². The molecule has 1 N–H and O–H groups in total. The number of nitrogens with zero attached hydrogens (tertiary/aromatic N) is 2. The van der Waals surface area contributed by atoms with Crippen LogP contribution in [-0.2, 0) is 17.9 Å². The van der Waals surface area contributed by atoms with Crippen LogP contribution in [0.15, 0.2) is 42.5 Å². The lowest BCUT2D eigenvalue weighted by Gasteiger charge is -2.18. The minimum atomic E-state index is -0.00494. The number of likely N-dealkylation sites (N-methyl/N-ethyl adjacent to an activating group) is 1. The number of carbonyl (C=O) groups excluding carboxylic acids is 1. The molecule has 146 valence electrons. The second-order valence-corrected chi connectivity index (χ2v) is 6.70. The Morgan fingerprint density at radius 3 is 2.15 bits per heavy atom. The second-order valence-electron chi connectivity index (χ2n) is 6.70. The Kier molecular flexibility index (Phi) is 7.49. The van der Waals surface area contributed by atoms with Gasteiger partial charge in [-0.25, -0.2) is 0 Å². The van der Waals surface area contributed by atoms with Gasteiger partial charge < -0.3 is 19.7 Å². The molecule has 0 aliphatic heterocycles. The van der Waals surface area contributed by atoms with E-state index in [0.29, 0.717) is 31.1 Å². The molecule has 0 spiro atoms. The highest BCUT2D eigenvalue weighted by Gasteiger charge is 2.10. The summed E-state index contributed by atoms with van der Waals surface area (Å²) < 4.78 is 10.6. The Labute approximate surface area is 161 Å². The molecule has 0 saturated heterocycles. The molecule has 0 aliphatic carbocycles. The largest absolute Gasteiger partial charge is 0.493 e. The molecule has 0 atom stereocenters. The molecule has 0 aromatic heterocycles. The standard InChI is InChI=1S/C21H29N3O3/c1-23(2)18-9-6-16(7-10-18)13-22-21(25)15-24(3)14-17-8-11-19(26-4)20(12-17)27-5/h6-12H,13-15H2,1-5H3,(H,22,25). The molecule has 1 amide bonds. The van der Waals surface area contributed by atoms with Gasteiger partial charge in [-0.05, 0) is 42.4 Å². The molecular weight excluding hydrogens is 342 g/mol. The number of anilines is 1. The zero-order chi connectivity index (χ0) is 19.8. The number of benzene rings is 2. The molecule has 6 heteroatoms. The van der Waals surface area contributed by atoms with Gasteiger partial charge in [-0.15, -0.1) is 0 Å². The summed E-state index contributed by atoms with van der Waals surface area (Å²) in [6.45, 7) is 1.49. The summed E-state index contributed by atoms with van der Waals surface area (Å²) in [5, 5.41) is 2.97. The molecule has 6 nitrogen and oxygen atoms in total. The van der Waals surface area contributed by atoms with E-state index >= 15 is 0 Å². The number of carbonyl (C=O) groups is 1. The number of rotatable bonds is 9. The first-order valence-electron chi connectivity index (χ1n) is 8.85. The second kappa shape index (κ2) is 9.83. The van der Waals surface area contributed by atoms with Crippen LogP contribution < -0.4 is 19.7 Å². The molecule has 0 fully saturated rings. The van der Waals surface area contributed by atoms with Gasteiger partial charge in [-0.3, -0.25) is 9.69 Å². The first-order valence-corrected chi connectivity index (χ1v) is 8.85. The molecule has 0 radical (unpaired) electrons. The fourth-order valence-corrected chi connectivity index (χ4v) is 2.76. The molecule has 0 aliphatic rings. The molecule has 0 bridgehead atoms. The summed E-state index contributed by atoms with van der Waals surface area (Å²) in [7, 11) is 9.16. The summed E-state index contributed by atoms with van der Waals surface area (Å²) in [4.78, 5) is 16.2. The topological polar surface area (TPSA) is 54.0 Å². The van der Waals surface area contributed by atoms with E-state index < -0.39 is 0 Å². The quantitative estimate of drug-likeness (QED) is 0.734. The molecule has 0 unspecified atom stereocenters. The van der Waals surface area contributed by atoms with Crippen LogP contribution in [0.4, 0.5) is 5.69 Å². The van der Waals surface area contributed by atoms with Crippen molar-refractivity contribution in [3.63, 3.8) is 0 Å². The van der Waals surface area contributed by atoms with Crippen LogP contribution >= 0.6 is 0 Å². The Hall–Kier alpha value is -2.73. The monoisotopic (exact) mass is 371 g/mol. The lowest BCUT2D eigenvalue weighted by Crippen LogP contribution is -2.34. The Morgan fingerprint density at radius 1 is 0.926 bits per heavy atom. The zero-order valence-electron chi connectivity index (χ0n) is 16.8. The first-order chi connectivity index (χ1) is 12.9. The number of ether oxygens (including phenoxy) is 2. The Balaban J connectivity index is 1.83. The van der Waals surface area contributed by atoms with Crippen molar-refractivity contribution in [3.8, 4) is 11.5 Å². The van der Waals surface area contributed by atoms with E-state index in [1.807, 2.05) is 73.4 Å². The van der Waals surface area contributed by atoms with Crippen LogP contribution in [0.2, 0.25) is 0 Å². The van der Waals surface area contributed by atoms with Crippen molar-refractivity contribution in [1.29, 1.82) is 0 Å². The minimum absolute atomic E-state index is 0.00494. The van der Waals surface area contributed by atoms with E-state index in [4.69, 9.17) is 9.47 Å². The van der Waals surface area contributed by atoms with Gasteiger partial charge in [-0.1, -0.05) is 18.2 Å². The van der Waals surface area contributed by atoms with Crippen molar-refractivity contribution in [2.45, 2.75) is 13.1 Å². The SMILES string of the molecule is COc1ccc(CN(C)CC(=O)NCc2ccc(N(C)C)cc2)cc1OC. The van der Waals surface area contributed by atoms with Crippen molar-refractivity contribution in [2.24, 2.45) is 0 Å². The van der Waals surface area contributed by atoms with Gasteiger partial charge in [0.25, 0.3) is 0 Å². The summed E-state index contributed by atoms with van der Waals surface area (Å²) in [6.07, 6.45) is 0. The molecule has 2 aromatic rings. The predicted molar refractivity (Wildman–Crippen MR) is 108 cm³/mol. The Bertz CT molecular complexity index is 745. The maximum absolute atomic E-state index is 12.2. The van der Waals surface area contributed by atoms with Crippen LogP contribution in [-0.4, -0.2) is 52.7 Å². The number of hydrogen-bond acceptors (Lipinski definition) is 5. The minimum Gasteiger partial charge on any atom is -0.493 e. The lowest BCUT2D eigenvalue weighted by atomic mass is 10.2. The molecule has 2 aromatic carbocycles. The van der Waals surface area contributed by atoms with Crippen molar-refractivity contribution in [3.05, 3.63) is 53.6 Å². The summed E-state index contributed by atoms with van der Waals surface area (Å²) in [5.74, 6) is 1.38. The highest BCUT2D eigenvalue weighted by molar-refractivity contribution is 5.78. The number of methoxy groups -OCH3 is 2. The van der Waals surface area contributed by atoms with Gasteiger partial charge in [0.2, 0.25) is 5.91 Å². The van der Waals surface area contributed by atoms with Crippen LogP contribution in [0.1, 0.15) is 11.1 Å². The van der Waals surface area contributed by atoms with Crippen molar-refractivity contribution < 1.29 is 14.3 Å². The van der Waals surface area contributed by atoms with E-state index in [0.717, 1.165) is 16.8 Å². The normalized spacial score (nSPS) is 10.6. The summed E-state index contributed by atoms with van der Waals surface area (Å²) in [5.41, 5.74) is 3.28. The van der Waals surface area contributed by atoms with Crippen LogP contribution in [0.5, 0.6) is 11.5 Å². The predicted octanol–water partition coefficient (Wildman–Crippen LogP) is 2.52. The van der Waals surface area contributed by atoms with Crippen molar-refractivity contribution in [2.75, 3.05) is 46.8 Å². The average Bonchev–Trinajstić information content (AvgIpc) is 2.66. The summed E-state index contributed by atoms with van der Waals surface area (Å²) in [6, 6.07) is 13.9. The average molecular weight is 371 g/mol. The van der Waals surface area contributed by atoms with E-state index in [1.54, 1.807) is 14.2 Å². The van der Waals surface area contributed by atoms with E-state index in [9.17, 15) is 4.79 Å². The highest BCUT2D eigenvalue weighted by atomic mass is 16.5. The molecule has 0 saturated carbocycles. The fourth-order valence-electron chi connectivity index (χ4n) is 2.76. The molecule has 27 heavy (non-hydrogen) atoms. The van der Waals surface area contributed by atoms with Crippen LogP contribution in [0, 0.1) is 0 Å². The maximum atomic E-state index is 12.2. The van der Waals surface area contributed by atoms with Crippen LogP contribution in [0.3, 0.4) is 0 Å². The van der Waals surface area contributed by atoms with Gasteiger partial charge >= 0.3 is 0 Å². The third kappa shape index (κ3) is 6.18. The smallest absolute Gasteiger partial charge is 0.234 e. The van der Waals surface area contributed by atoms with E-state index in [1.165, 1.54) is 0 Å². The zero-order valence-corrected chi connectivity index (χ0v) is 16.8. The third-order valence-electron chi connectivity index (χ3n) is 4.26. The first kappa shape index (κ1) is 20.6. The number of nitrogens with one attached hydrogen (secondary N) is 1.